The molecule has 5 heteroatoms. The summed E-state index contributed by atoms with van der Waals surface area (Å²) in [5.74, 6) is -0.700. The van der Waals surface area contributed by atoms with Gasteiger partial charge in [-0.3, -0.25) is 4.79 Å². The number of rotatable bonds is 8. The Hall–Kier alpha value is -1.12. The number of nitrogens with one attached hydrogen (secondary N) is 1. The van der Waals surface area contributed by atoms with Crippen molar-refractivity contribution in [3.8, 4) is 6.07 Å². The fourth-order valence-electron chi connectivity index (χ4n) is 1.19. The van der Waals surface area contributed by atoms with E-state index in [1.165, 1.54) is 0 Å². The topological polar surface area (TPSA) is 65.4 Å². The largest absolute Gasteiger partial charge is 0.383 e. The van der Waals surface area contributed by atoms with Gasteiger partial charge in [0.15, 0.2) is 0 Å². The minimum Gasteiger partial charge on any atom is -0.383 e. The molecule has 0 heterocycles. The van der Waals surface area contributed by atoms with Crippen molar-refractivity contribution in [2.24, 2.45) is 5.92 Å². The van der Waals surface area contributed by atoms with E-state index in [0.29, 0.717) is 19.6 Å². The zero-order valence-corrected chi connectivity index (χ0v) is 10.3. The van der Waals surface area contributed by atoms with E-state index >= 15 is 0 Å². The molecule has 0 saturated carbocycles. The molecule has 0 aliphatic heterocycles. The van der Waals surface area contributed by atoms with Gasteiger partial charge in [-0.25, -0.2) is 0 Å². The van der Waals surface area contributed by atoms with Crippen LogP contribution < -0.4 is 5.32 Å². The molecule has 0 aliphatic rings. The smallest absolute Gasteiger partial charge is 0.237 e. The van der Waals surface area contributed by atoms with Crippen LogP contribution in [0.5, 0.6) is 0 Å². The Morgan fingerprint density at radius 1 is 1.56 bits per heavy atom. The summed E-state index contributed by atoms with van der Waals surface area (Å²) in [6, 6.07) is 1.98. The standard InChI is InChI=1S/C11H21N3O2/c1-4-10(9-12)11(15)13-5-6-14(2)7-8-16-3/h10H,4-8H2,1-3H3,(H,13,15). The quantitative estimate of drug-likeness (QED) is 0.644. The van der Waals surface area contributed by atoms with Crippen molar-refractivity contribution in [3.05, 3.63) is 0 Å². The summed E-state index contributed by atoms with van der Waals surface area (Å²) in [5, 5.41) is 11.4. The summed E-state index contributed by atoms with van der Waals surface area (Å²) in [5.41, 5.74) is 0. The van der Waals surface area contributed by atoms with Crippen LogP contribution in [0.25, 0.3) is 0 Å². The molecule has 0 saturated heterocycles. The average Bonchev–Trinajstić information content (AvgIpc) is 2.28. The maximum atomic E-state index is 11.4. The van der Waals surface area contributed by atoms with Crippen LogP contribution in [0, 0.1) is 17.2 Å². The SMILES string of the molecule is CCC(C#N)C(=O)NCCN(C)CCOC. The first kappa shape index (κ1) is 14.9. The number of hydrogen-bond acceptors (Lipinski definition) is 4. The second-order valence-electron chi connectivity index (χ2n) is 3.68. The number of likely N-dealkylation sites (N-methyl/N-ethyl adjacent to an activating group) is 1. The van der Waals surface area contributed by atoms with E-state index in [4.69, 9.17) is 10.00 Å². The molecule has 0 aromatic heterocycles. The zero-order valence-electron chi connectivity index (χ0n) is 10.3. The van der Waals surface area contributed by atoms with Gasteiger partial charge in [-0.15, -0.1) is 0 Å². The lowest BCUT2D eigenvalue weighted by Gasteiger charge is -2.16. The minimum atomic E-state index is -0.524. The van der Waals surface area contributed by atoms with Crippen LogP contribution in [-0.2, 0) is 9.53 Å². The maximum Gasteiger partial charge on any atom is 0.237 e. The van der Waals surface area contributed by atoms with Crippen molar-refractivity contribution < 1.29 is 9.53 Å². The number of methoxy groups -OCH3 is 1. The van der Waals surface area contributed by atoms with Crippen LogP contribution in [-0.4, -0.2) is 51.2 Å². The van der Waals surface area contributed by atoms with Crippen LogP contribution in [0.4, 0.5) is 0 Å². The van der Waals surface area contributed by atoms with Gasteiger partial charge in [0.2, 0.25) is 5.91 Å². The lowest BCUT2D eigenvalue weighted by Crippen LogP contribution is -2.36. The van der Waals surface area contributed by atoms with E-state index in [1.54, 1.807) is 7.11 Å². The normalized spacial score (nSPS) is 12.2. The van der Waals surface area contributed by atoms with Crippen LogP contribution in [0.2, 0.25) is 0 Å². The third-order valence-corrected chi connectivity index (χ3v) is 2.35. The second kappa shape index (κ2) is 9.13. The number of carbonyl (C=O) groups excluding carboxylic acids is 1. The molecule has 16 heavy (non-hydrogen) atoms. The Labute approximate surface area is 97.4 Å². The van der Waals surface area contributed by atoms with Gasteiger partial charge < -0.3 is 15.0 Å². The van der Waals surface area contributed by atoms with Gasteiger partial charge in [-0.1, -0.05) is 6.92 Å². The van der Waals surface area contributed by atoms with Gasteiger partial charge in [0.05, 0.1) is 12.7 Å². The number of ether oxygens (including phenoxy) is 1. The molecule has 5 nitrogen and oxygen atoms in total. The van der Waals surface area contributed by atoms with E-state index in [9.17, 15) is 4.79 Å². The highest BCUT2D eigenvalue weighted by molar-refractivity contribution is 5.80. The Kier molecular flexibility index (Phi) is 8.49. The van der Waals surface area contributed by atoms with Crippen LogP contribution >= 0.6 is 0 Å². The molecule has 0 aliphatic carbocycles. The van der Waals surface area contributed by atoms with Gasteiger partial charge in [0.1, 0.15) is 5.92 Å². The molecule has 1 amide bonds. The molecule has 0 aromatic rings. The molecule has 0 spiro atoms. The minimum absolute atomic E-state index is 0.176. The monoisotopic (exact) mass is 227 g/mol. The summed E-state index contributed by atoms with van der Waals surface area (Å²) in [7, 11) is 3.63. The van der Waals surface area contributed by atoms with E-state index < -0.39 is 5.92 Å². The number of nitriles is 1. The summed E-state index contributed by atoms with van der Waals surface area (Å²) in [4.78, 5) is 13.5. The molecule has 0 bridgehead atoms. The van der Waals surface area contributed by atoms with Crippen LogP contribution in [0.1, 0.15) is 13.3 Å². The van der Waals surface area contributed by atoms with Crippen molar-refractivity contribution in [3.63, 3.8) is 0 Å². The number of hydrogen-bond donors (Lipinski definition) is 1. The highest BCUT2D eigenvalue weighted by atomic mass is 16.5. The molecule has 1 N–H and O–H groups in total. The van der Waals surface area contributed by atoms with Crippen LogP contribution in [0.15, 0.2) is 0 Å². The van der Waals surface area contributed by atoms with Gasteiger partial charge in [-0.2, -0.15) is 5.26 Å². The second-order valence-corrected chi connectivity index (χ2v) is 3.68. The lowest BCUT2D eigenvalue weighted by molar-refractivity contribution is -0.123. The Morgan fingerprint density at radius 2 is 2.25 bits per heavy atom. The molecular formula is C11H21N3O2. The number of nitrogens with zero attached hydrogens (tertiary/aromatic N) is 2. The summed E-state index contributed by atoms with van der Waals surface area (Å²) in [6.45, 7) is 4.68. The molecule has 0 aromatic carbocycles. The van der Waals surface area contributed by atoms with Crippen LogP contribution in [0.3, 0.4) is 0 Å². The fraction of sp³-hybridized carbons (Fsp3) is 0.818. The zero-order chi connectivity index (χ0) is 12.4. The molecule has 0 rings (SSSR count). The molecule has 1 unspecified atom stereocenters. The van der Waals surface area contributed by atoms with E-state index in [-0.39, 0.29) is 5.91 Å². The van der Waals surface area contributed by atoms with Gasteiger partial charge in [0, 0.05) is 26.7 Å². The molecule has 92 valence electrons. The third kappa shape index (κ3) is 6.38. The number of carbonyl (C=O) groups is 1. The Balaban J connectivity index is 3.65. The lowest BCUT2D eigenvalue weighted by atomic mass is 10.1. The summed E-state index contributed by atoms with van der Waals surface area (Å²) >= 11 is 0. The summed E-state index contributed by atoms with van der Waals surface area (Å²) in [6.07, 6.45) is 0.557. The van der Waals surface area contributed by atoms with Crippen molar-refractivity contribution >= 4 is 5.91 Å². The van der Waals surface area contributed by atoms with Gasteiger partial charge in [0.25, 0.3) is 0 Å². The van der Waals surface area contributed by atoms with Crippen molar-refractivity contribution in [1.29, 1.82) is 5.26 Å². The predicted octanol–water partition coefficient (Wildman–Crippen LogP) is 0.231. The van der Waals surface area contributed by atoms with E-state index in [2.05, 4.69) is 10.2 Å². The summed E-state index contributed by atoms with van der Waals surface area (Å²) < 4.78 is 4.94. The Morgan fingerprint density at radius 3 is 2.75 bits per heavy atom. The molecular weight excluding hydrogens is 206 g/mol. The highest BCUT2D eigenvalue weighted by Crippen LogP contribution is 1.99. The fourth-order valence-corrected chi connectivity index (χ4v) is 1.19. The van der Waals surface area contributed by atoms with E-state index in [0.717, 1.165) is 13.1 Å². The van der Waals surface area contributed by atoms with E-state index in [1.807, 2.05) is 20.0 Å². The average molecular weight is 227 g/mol. The first-order chi connectivity index (χ1) is 7.65. The van der Waals surface area contributed by atoms with Crippen molar-refractivity contribution in [2.45, 2.75) is 13.3 Å². The maximum absolute atomic E-state index is 11.4. The number of amides is 1. The molecule has 1 atom stereocenters. The highest BCUT2D eigenvalue weighted by Gasteiger charge is 2.14. The Bertz CT molecular complexity index is 238. The molecule has 0 radical (unpaired) electrons. The predicted molar refractivity (Wildman–Crippen MR) is 61.8 cm³/mol. The van der Waals surface area contributed by atoms with Crippen molar-refractivity contribution in [2.75, 3.05) is 40.4 Å². The first-order valence-electron chi connectivity index (χ1n) is 5.50. The first-order valence-corrected chi connectivity index (χ1v) is 5.50. The molecule has 0 fully saturated rings. The van der Waals surface area contributed by atoms with Crippen molar-refractivity contribution in [1.82, 2.24) is 10.2 Å². The third-order valence-electron chi connectivity index (χ3n) is 2.35. The van der Waals surface area contributed by atoms with Gasteiger partial charge in [-0.05, 0) is 13.5 Å². The van der Waals surface area contributed by atoms with Gasteiger partial charge >= 0.3 is 0 Å².